The highest BCUT2D eigenvalue weighted by molar-refractivity contribution is 7.19. The lowest BCUT2D eigenvalue weighted by Crippen LogP contribution is -1.71. The molecule has 2 rings (SSSR count). The molecule has 13 heavy (non-hydrogen) atoms. The van der Waals surface area contributed by atoms with E-state index in [4.69, 9.17) is 5.11 Å². The number of aromatic nitrogens is 1. The average molecular weight is 191 g/mol. The lowest BCUT2D eigenvalue weighted by Gasteiger charge is -1.80. The molecule has 1 heterocycles. The van der Waals surface area contributed by atoms with Crippen molar-refractivity contribution in [1.29, 1.82) is 0 Å². The Balaban J connectivity index is 2.44. The SMILES string of the molecule is OC/C=C/c1nc2ccccc2s1. The summed E-state index contributed by atoms with van der Waals surface area (Å²) in [5, 5.41) is 9.53. The van der Waals surface area contributed by atoms with Crippen LogP contribution < -0.4 is 0 Å². The first kappa shape index (κ1) is 8.41. The molecule has 0 atom stereocenters. The molecule has 0 unspecified atom stereocenters. The largest absolute Gasteiger partial charge is 0.392 e. The molecular weight excluding hydrogens is 182 g/mol. The molecule has 0 fully saturated rings. The van der Waals surface area contributed by atoms with Gasteiger partial charge in [0.05, 0.1) is 16.8 Å². The van der Waals surface area contributed by atoms with Crippen LogP contribution in [0.5, 0.6) is 0 Å². The number of benzene rings is 1. The topological polar surface area (TPSA) is 33.1 Å². The van der Waals surface area contributed by atoms with Gasteiger partial charge in [0.15, 0.2) is 0 Å². The van der Waals surface area contributed by atoms with Crippen molar-refractivity contribution < 1.29 is 5.11 Å². The van der Waals surface area contributed by atoms with E-state index in [1.807, 2.05) is 30.3 Å². The molecule has 1 aromatic heterocycles. The van der Waals surface area contributed by atoms with Gasteiger partial charge in [-0.05, 0) is 18.2 Å². The number of aliphatic hydroxyl groups excluding tert-OH is 1. The van der Waals surface area contributed by atoms with Gasteiger partial charge in [-0.2, -0.15) is 0 Å². The first-order valence-electron chi connectivity index (χ1n) is 4.03. The van der Waals surface area contributed by atoms with E-state index in [1.165, 1.54) is 4.70 Å². The number of aliphatic hydroxyl groups is 1. The second kappa shape index (κ2) is 3.68. The fraction of sp³-hybridized carbons (Fsp3) is 0.100. The van der Waals surface area contributed by atoms with Crippen molar-refractivity contribution >= 4 is 27.6 Å². The molecule has 0 bridgehead atoms. The molecule has 0 amide bonds. The molecule has 3 heteroatoms. The molecule has 0 radical (unpaired) electrons. The highest BCUT2D eigenvalue weighted by atomic mass is 32.1. The third-order valence-corrected chi connectivity index (χ3v) is 2.68. The summed E-state index contributed by atoms with van der Waals surface area (Å²) in [4.78, 5) is 4.37. The smallest absolute Gasteiger partial charge is 0.117 e. The Morgan fingerprint density at radius 3 is 3.00 bits per heavy atom. The first-order chi connectivity index (χ1) is 6.40. The van der Waals surface area contributed by atoms with Gasteiger partial charge in [0.1, 0.15) is 5.01 Å². The third kappa shape index (κ3) is 1.76. The van der Waals surface area contributed by atoms with Crippen LogP contribution in [0.1, 0.15) is 5.01 Å². The van der Waals surface area contributed by atoms with E-state index >= 15 is 0 Å². The number of fused-ring (bicyclic) bond motifs is 1. The molecule has 1 aromatic carbocycles. The van der Waals surface area contributed by atoms with E-state index in [9.17, 15) is 0 Å². The summed E-state index contributed by atoms with van der Waals surface area (Å²) in [6, 6.07) is 8.01. The Hall–Kier alpha value is -1.19. The molecule has 66 valence electrons. The van der Waals surface area contributed by atoms with Crippen LogP contribution in [0.25, 0.3) is 16.3 Å². The van der Waals surface area contributed by atoms with E-state index in [-0.39, 0.29) is 6.61 Å². The number of hydrogen-bond donors (Lipinski definition) is 1. The fourth-order valence-electron chi connectivity index (χ4n) is 1.11. The van der Waals surface area contributed by atoms with Crippen molar-refractivity contribution in [2.45, 2.75) is 0 Å². The van der Waals surface area contributed by atoms with Crippen LogP contribution >= 0.6 is 11.3 Å². The summed E-state index contributed by atoms with van der Waals surface area (Å²) in [6.45, 7) is 0.0654. The standard InChI is InChI=1S/C10H9NOS/c12-7-3-6-10-11-8-4-1-2-5-9(8)13-10/h1-6,12H,7H2/b6-3+. The molecule has 0 saturated heterocycles. The van der Waals surface area contributed by atoms with E-state index in [2.05, 4.69) is 4.98 Å². The fourth-order valence-corrected chi connectivity index (χ4v) is 2.01. The number of nitrogens with zero attached hydrogens (tertiary/aromatic N) is 1. The Kier molecular flexibility index (Phi) is 2.38. The second-order valence-electron chi connectivity index (χ2n) is 2.60. The number of para-hydroxylation sites is 1. The van der Waals surface area contributed by atoms with Crippen molar-refractivity contribution in [3.05, 3.63) is 35.3 Å². The zero-order chi connectivity index (χ0) is 9.10. The summed E-state index contributed by atoms with van der Waals surface area (Å²) in [7, 11) is 0. The average Bonchev–Trinajstić information content (AvgIpc) is 2.57. The summed E-state index contributed by atoms with van der Waals surface area (Å²) in [5.74, 6) is 0. The van der Waals surface area contributed by atoms with E-state index in [0.717, 1.165) is 10.5 Å². The molecule has 2 aromatic rings. The zero-order valence-corrected chi connectivity index (χ0v) is 7.79. The first-order valence-corrected chi connectivity index (χ1v) is 4.85. The van der Waals surface area contributed by atoms with E-state index < -0.39 is 0 Å². The predicted octanol–water partition coefficient (Wildman–Crippen LogP) is 2.30. The maximum absolute atomic E-state index is 8.59. The van der Waals surface area contributed by atoms with Crippen molar-refractivity contribution in [3.63, 3.8) is 0 Å². The van der Waals surface area contributed by atoms with Gasteiger partial charge in [-0.25, -0.2) is 4.98 Å². The van der Waals surface area contributed by atoms with Crippen molar-refractivity contribution in [3.8, 4) is 0 Å². The maximum atomic E-state index is 8.59. The van der Waals surface area contributed by atoms with E-state index in [0.29, 0.717) is 0 Å². The number of rotatable bonds is 2. The van der Waals surface area contributed by atoms with Crippen molar-refractivity contribution in [1.82, 2.24) is 4.98 Å². The minimum absolute atomic E-state index is 0.0654. The second-order valence-corrected chi connectivity index (χ2v) is 3.67. The van der Waals surface area contributed by atoms with Crippen LogP contribution in [0.4, 0.5) is 0 Å². The van der Waals surface area contributed by atoms with Gasteiger partial charge in [0.2, 0.25) is 0 Å². The predicted molar refractivity (Wildman–Crippen MR) is 55.7 cm³/mol. The molecule has 0 aliphatic heterocycles. The minimum atomic E-state index is 0.0654. The summed E-state index contributed by atoms with van der Waals surface area (Å²) in [5.41, 5.74) is 1.02. The Morgan fingerprint density at radius 1 is 1.38 bits per heavy atom. The normalized spacial score (nSPS) is 11.5. The van der Waals surface area contributed by atoms with Gasteiger partial charge in [-0.1, -0.05) is 18.2 Å². The van der Waals surface area contributed by atoms with Gasteiger partial charge in [-0.15, -0.1) is 11.3 Å². The molecular formula is C10H9NOS. The molecule has 0 spiro atoms. The van der Waals surface area contributed by atoms with Crippen molar-refractivity contribution in [2.75, 3.05) is 6.61 Å². The van der Waals surface area contributed by atoms with Gasteiger partial charge < -0.3 is 5.11 Å². The van der Waals surface area contributed by atoms with Crippen LogP contribution in [0.2, 0.25) is 0 Å². The molecule has 0 aliphatic rings. The lowest BCUT2D eigenvalue weighted by atomic mass is 10.3. The minimum Gasteiger partial charge on any atom is -0.392 e. The summed E-state index contributed by atoms with van der Waals surface area (Å²) < 4.78 is 1.18. The Morgan fingerprint density at radius 2 is 2.23 bits per heavy atom. The van der Waals surface area contributed by atoms with Gasteiger partial charge in [0.25, 0.3) is 0 Å². The summed E-state index contributed by atoms with van der Waals surface area (Å²) in [6.07, 6.45) is 3.53. The van der Waals surface area contributed by atoms with Gasteiger partial charge >= 0.3 is 0 Å². The molecule has 1 N–H and O–H groups in total. The van der Waals surface area contributed by atoms with Gasteiger partial charge in [-0.3, -0.25) is 0 Å². The molecule has 0 saturated carbocycles. The van der Waals surface area contributed by atoms with Crippen molar-refractivity contribution in [2.24, 2.45) is 0 Å². The quantitative estimate of drug-likeness (QED) is 0.790. The van der Waals surface area contributed by atoms with Crippen LogP contribution in [0.15, 0.2) is 30.3 Å². The number of hydrogen-bond acceptors (Lipinski definition) is 3. The molecule has 0 aliphatic carbocycles. The van der Waals surface area contributed by atoms with E-state index in [1.54, 1.807) is 17.4 Å². The Labute approximate surface area is 80.2 Å². The van der Waals surface area contributed by atoms with Gasteiger partial charge in [0, 0.05) is 0 Å². The maximum Gasteiger partial charge on any atom is 0.117 e. The van der Waals surface area contributed by atoms with Crippen LogP contribution in [0.3, 0.4) is 0 Å². The molecule has 2 nitrogen and oxygen atoms in total. The third-order valence-electron chi connectivity index (χ3n) is 1.68. The van der Waals surface area contributed by atoms with Crippen LogP contribution in [-0.2, 0) is 0 Å². The van der Waals surface area contributed by atoms with Crippen LogP contribution in [0, 0.1) is 0 Å². The monoisotopic (exact) mass is 191 g/mol. The highest BCUT2D eigenvalue weighted by Gasteiger charge is 1.98. The summed E-state index contributed by atoms with van der Waals surface area (Å²) >= 11 is 1.63. The number of thiazole rings is 1. The highest BCUT2D eigenvalue weighted by Crippen LogP contribution is 2.22. The lowest BCUT2D eigenvalue weighted by molar-refractivity contribution is 0.343. The zero-order valence-electron chi connectivity index (χ0n) is 6.97. The Bertz CT molecular complexity index is 400. The van der Waals surface area contributed by atoms with Crippen LogP contribution in [-0.4, -0.2) is 16.7 Å².